The fraction of sp³-hybridized carbons (Fsp3) is 0.278. The molecule has 0 radical (unpaired) electrons. The molecule has 3 atom stereocenters. The summed E-state index contributed by atoms with van der Waals surface area (Å²) in [5.74, 6) is 1.00. The highest BCUT2D eigenvalue weighted by atomic mass is 79.9. The molecule has 2 aliphatic rings. The van der Waals surface area contributed by atoms with Gasteiger partial charge in [0.05, 0.1) is 0 Å². The molecule has 2 aromatic rings. The van der Waals surface area contributed by atoms with Crippen molar-refractivity contribution in [3.05, 3.63) is 69.7 Å². The number of halogens is 1. The molecule has 0 unspecified atom stereocenters. The first-order chi connectivity index (χ1) is 10.7. The molecule has 1 saturated carbocycles. The van der Waals surface area contributed by atoms with Crippen LogP contribution in [0.25, 0.3) is 0 Å². The Balaban J connectivity index is 1.33. The van der Waals surface area contributed by atoms with Gasteiger partial charge < -0.3 is 10.1 Å². The third-order valence-electron chi connectivity index (χ3n) is 4.59. The molecule has 3 nitrogen and oxygen atoms in total. The van der Waals surface area contributed by atoms with Crippen LogP contribution >= 0.6 is 15.9 Å². The Morgan fingerprint density at radius 2 is 2.05 bits per heavy atom. The van der Waals surface area contributed by atoms with E-state index in [1.807, 2.05) is 30.3 Å². The van der Waals surface area contributed by atoms with Crippen LogP contribution in [0.2, 0.25) is 0 Å². The zero-order valence-electron chi connectivity index (χ0n) is 12.0. The van der Waals surface area contributed by atoms with Gasteiger partial charge in [-0.2, -0.15) is 0 Å². The number of benzene rings is 2. The van der Waals surface area contributed by atoms with Gasteiger partial charge in [-0.25, -0.2) is 4.79 Å². The van der Waals surface area contributed by atoms with Crippen LogP contribution in [-0.4, -0.2) is 12.1 Å². The van der Waals surface area contributed by atoms with E-state index in [1.165, 1.54) is 11.1 Å². The predicted octanol–water partition coefficient (Wildman–Crippen LogP) is 4.01. The van der Waals surface area contributed by atoms with Gasteiger partial charge in [-0.05, 0) is 41.2 Å². The van der Waals surface area contributed by atoms with Gasteiger partial charge in [0.15, 0.2) is 0 Å². The maximum absolute atomic E-state index is 11.9. The van der Waals surface area contributed by atoms with E-state index in [-0.39, 0.29) is 12.1 Å². The summed E-state index contributed by atoms with van der Waals surface area (Å²) in [6.45, 7) is 0.318. The first kappa shape index (κ1) is 13.8. The lowest BCUT2D eigenvalue weighted by Gasteiger charge is -2.10. The molecule has 22 heavy (non-hydrogen) atoms. The summed E-state index contributed by atoms with van der Waals surface area (Å²) < 4.78 is 6.42. The van der Waals surface area contributed by atoms with E-state index in [4.69, 9.17) is 4.74 Å². The van der Waals surface area contributed by atoms with Gasteiger partial charge in [0.2, 0.25) is 0 Å². The van der Waals surface area contributed by atoms with Gasteiger partial charge in [-0.1, -0.05) is 52.3 Å². The van der Waals surface area contributed by atoms with Crippen molar-refractivity contribution >= 4 is 22.0 Å². The molecule has 0 bridgehead atoms. The van der Waals surface area contributed by atoms with E-state index < -0.39 is 0 Å². The van der Waals surface area contributed by atoms with Crippen molar-refractivity contribution in [2.75, 3.05) is 0 Å². The Kier molecular flexibility index (Phi) is 3.41. The number of carbonyl (C=O) groups excluding carboxylic acids is 1. The minimum atomic E-state index is -0.318. The van der Waals surface area contributed by atoms with Gasteiger partial charge in [-0.15, -0.1) is 0 Å². The van der Waals surface area contributed by atoms with Gasteiger partial charge in [0.25, 0.3) is 0 Å². The van der Waals surface area contributed by atoms with Crippen molar-refractivity contribution in [2.45, 2.75) is 25.0 Å². The van der Waals surface area contributed by atoms with Crippen LogP contribution in [0, 0.1) is 5.92 Å². The number of amides is 1. The van der Waals surface area contributed by atoms with Crippen molar-refractivity contribution in [1.29, 1.82) is 0 Å². The van der Waals surface area contributed by atoms with Crippen LogP contribution < -0.4 is 5.32 Å². The zero-order chi connectivity index (χ0) is 15.1. The third-order valence-corrected chi connectivity index (χ3v) is 5.08. The van der Waals surface area contributed by atoms with E-state index in [0.717, 1.165) is 16.5 Å². The number of nitrogens with one attached hydrogen (secondary N) is 1. The Hall–Kier alpha value is -1.81. The van der Waals surface area contributed by atoms with Gasteiger partial charge in [-0.3, -0.25) is 0 Å². The summed E-state index contributed by atoms with van der Waals surface area (Å²) in [7, 11) is 0. The summed E-state index contributed by atoms with van der Waals surface area (Å²) in [4.78, 5) is 11.9. The molecule has 2 aliphatic carbocycles. The van der Waals surface area contributed by atoms with Crippen LogP contribution in [0.1, 0.15) is 22.6 Å². The molecule has 1 fully saturated rings. The van der Waals surface area contributed by atoms with Gasteiger partial charge in [0.1, 0.15) is 6.61 Å². The predicted molar refractivity (Wildman–Crippen MR) is 87.6 cm³/mol. The fourth-order valence-corrected chi connectivity index (χ4v) is 3.89. The highest BCUT2D eigenvalue weighted by Crippen LogP contribution is 2.56. The standard InChI is InChI=1S/C18H16BrNO2/c19-13-6-7-14-12(8-13)9-15-16(14)17(15)20-18(21)22-10-11-4-2-1-3-5-11/h1-8,15-17H,9-10H2,(H,20,21)/t15-,16+,17+/m1/s1. The molecule has 2 aromatic carbocycles. The molecule has 0 heterocycles. The van der Waals surface area contributed by atoms with Crippen molar-refractivity contribution in [3.8, 4) is 0 Å². The monoisotopic (exact) mass is 357 g/mol. The second-order valence-corrected chi connectivity index (χ2v) is 6.88. The highest BCUT2D eigenvalue weighted by Gasteiger charge is 2.56. The minimum absolute atomic E-state index is 0.233. The maximum Gasteiger partial charge on any atom is 0.407 e. The number of carbonyl (C=O) groups is 1. The van der Waals surface area contributed by atoms with Crippen molar-refractivity contribution < 1.29 is 9.53 Å². The van der Waals surface area contributed by atoms with E-state index in [1.54, 1.807) is 0 Å². The highest BCUT2D eigenvalue weighted by molar-refractivity contribution is 9.10. The maximum atomic E-state index is 11.9. The molecule has 0 aliphatic heterocycles. The fourth-order valence-electron chi connectivity index (χ4n) is 3.48. The second-order valence-electron chi connectivity index (χ2n) is 5.97. The quantitative estimate of drug-likeness (QED) is 0.900. The third kappa shape index (κ3) is 2.52. The van der Waals surface area contributed by atoms with Gasteiger partial charge in [0, 0.05) is 16.4 Å². The number of rotatable bonds is 3. The van der Waals surface area contributed by atoms with E-state index in [2.05, 4.69) is 39.4 Å². The summed E-state index contributed by atoms with van der Waals surface area (Å²) >= 11 is 3.51. The first-order valence-corrected chi connectivity index (χ1v) is 8.27. The Bertz CT molecular complexity index is 716. The lowest BCUT2D eigenvalue weighted by atomic mass is 10.1. The van der Waals surface area contributed by atoms with E-state index in [0.29, 0.717) is 18.4 Å². The molecular weight excluding hydrogens is 342 g/mol. The molecule has 1 amide bonds. The van der Waals surface area contributed by atoms with Crippen LogP contribution in [0.5, 0.6) is 0 Å². The summed E-state index contributed by atoms with van der Waals surface area (Å²) in [6, 6.07) is 16.4. The lowest BCUT2D eigenvalue weighted by molar-refractivity contribution is 0.138. The average molecular weight is 358 g/mol. The topological polar surface area (TPSA) is 38.3 Å². The first-order valence-electron chi connectivity index (χ1n) is 7.48. The number of fused-ring (bicyclic) bond motifs is 3. The SMILES string of the molecule is O=C(N[C@H]1[C@@H]2Cc3cc(Br)ccc3[C@@H]21)OCc1ccccc1. The molecule has 4 rings (SSSR count). The number of hydrogen-bond acceptors (Lipinski definition) is 2. The van der Waals surface area contributed by atoms with E-state index >= 15 is 0 Å². The zero-order valence-corrected chi connectivity index (χ0v) is 13.5. The molecule has 0 spiro atoms. The lowest BCUT2D eigenvalue weighted by Crippen LogP contribution is -2.29. The summed E-state index contributed by atoms with van der Waals surface area (Å²) in [5.41, 5.74) is 3.78. The number of alkyl carbamates (subject to hydrolysis) is 1. The summed E-state index contributed by atoms with van der Waals surface area (Å²) in [6.07, 6.45) is 0.727. The van der Waals surface area contributed by atoms with Crippen LogP contribution in [0.3, 0.4) is 0 Å². The molecule has 0 aromatic heterocycles. The Morgan fingerprint density at radius 1 is 1.23 bits per heavy atom. The molecule has 0 saturated heterocycles. The second kappa shape index (κ2) is 5.43. The largest absolute Gasteiger partial charge is 0.445 e. The van der Waals surface area contributed by atoms with Crippen molar-refractivity contribution in [3.63, 3.8) is 0 Å². The van der Waals surface area contributed by atoms with Gasteiger partial charge >= 0.3 is 6.09 Å². The van der Waals surface area contributed by atoms with Crippen LogP contribution in [0.4, 0.5) is 4.79 Å². The Morgan fingerprint density at radius 3 is 2.86 bits per heavy atom. The molecule has 112 valence electrons. The number of hydrogen-bond donors (Lipinski definition) is 1. The molecular formula is C18H16BrNO2. The minimum Gasteiger partial charge on any atom is -0.445 e. The van der Waals surface area contributed by atoms with E-state index in [9.17, 15) is 4.79 Å². The van der Waals surface area contributed by atoms with Crippen molar-refractivity contribution in [1.82, 2.24) is 5.32 Å². The molecule has 4 heteroatoms. The van der Waals surface area contributed by atoms with Crippen LogP contribution in [0.15, 0.2) is 53.0 Å². The average Bonchev–Trinajstić information content (AvgIpc) is 3.04. The smallest absolute Gasteiger partial charge is 0.407 e. The number of ether oxygens (including phenoxy) is 1. The van der Waals surface area contributed by atoms with Crippen LogP contribution in [-0.2, 0) is 17.8 Å². The summed E-state index contributed by atoms with van der Waals surface area (Å²) in [5, 5.41) is 3.01. The van der Waals surface area contributed by atoms with Crippen molar-refractivity contribution in [2.24, 2.45) is 5.92 Å². The molecule has 1 N–H and O–H groups in total. The Labute approximate surface area is 137 Å². The normalized spacial score (nSPS) is 24.3.